The van der Waals surface area contributed by atoms with Gasteiger partial charge < -0.3 is 4.74 Å². The van der Waals surface area contributed by atoms with Crippen molar-refractivity contribution in [3.8, 4) is 5.75 Å². The number of nitrogens with zero attached hydrogens (tertiary/aromatic N) is 2. The van der Waals surface area contributed by atoms with Crippen LogP contribution < -0.4 is 16.0 Å². The van der Waals surface area contributed by atoms with Crippen LogP contribution in [0.3, 0.4) is 0 Å². The van der Waals surface area contributed by atoms with Gasteiger partial charge in [-0.25, -0.2) is 0 Å². The molecule has 0 aliphatic heterocycles. The molecule has 2 rings (SSSR count). The van der Waals surface area contributed by atoms with Crippen molar-refractivity contribution < 1.29 is 4.74 Å². The monoisotopic (exact) mass is 272 g/mol. The predicted octanol–water partition coefficient (Wildman–Crippen LogP) is 2.01. The normalized spacial score (nSPS) is 12.1. The van der Waals surface area contributed by atoms with Gasteiger partial charge in [0.05, 0.1) is 12.8 Å². The highest BCUT2D eigenvalue weighted by Crippen LogP contribution is 2.21. The molecule has 3 N–H and O–H groups in total. The molecule has 2 aromatic heterocycles. The van der Waals surface area contributed by atoms with E-state index in [1.165, 1.54) is 5.56 Å². The van der Waals surface area contributed by atoms with Crippen molar-refractivity contribution in [2.75, 3.05) is 6.61 Å². The maximum atomic E-state index is 5.66. The molecule has 0 bridgehead atoms. The van der Waals surface area contributed by atoms with Crippen molar-refractivity contribution in [3.05, 3.63) is 54.1 Å². The smallest absolute Gasteiger partial charge is 0.137 e. The number of aryl methyl sites for hydroxylation is 1. The molecule has 106 valence electrons. The van der Waals surface area contributed by atoms with E-state index in [4.69, 9.17) is 10.6 Å². The second kappa shape index (κ2) is 7.57. The molecule has 0 aromatic carbocycles. The third-order valence-electron chi connectivity index (χ3n) is 3.09. The quantitative estimate of drug-likeness (QED) is 0.596. The van der Waals surface area contributed by atoms with E-state index in [-0.39, 0.29) is 6.04 Å². The molecule has 0 saturated carbocycles. The first-order valence-corrected chi connectivity index (χ1v) is 6.76. The summed E-state index contributed by atoms with van der Waals surface area (Å²) in [5.74, 6) is 6.43. The van der Waals surface area contributed by atoms with Crippen LogP contribution in [-0.4, -0.2) is 16.6 Å². The average Bonchev–Trinajstić information content (AvgIpc) is 2.50. The lowest BCUT2D eigenvalue weighted by atomic mass is 10.0. The molecule has 0 radical (unpaired) electrons. The van der Waals surface area contributed by atoms with Crippen molar-refractivity contribution >= 4 is 0 Å². The summed E-state index contributed by atoms with van der Waals surface area (Å²) in [5.41, 5.74) is 5.07. The number of hydrazine groups is 1. The van der Waals surface area contributed by atoms with Crippen LogP contribution in [-0.2, 0) is 6.42 Å². The minimum Gasteiger partial charge on any atom is -0.492 e. The number of ether oxygens (including phenoxy) is 1. The van der Waals surface area contributed by atoms with Crippen LogP contribution >= 0.6 is 0 Å². The van der Waals surface area contributed by atoms with Crippen LogP contribution in [0.5, 0.6) is 5.75 Å². The van der Waals surface area contributed by atoms with Crippen LogP contribution in [0.25, 0.3) is 0 Å². The molecule has 1 atom stereocenters. The molecular weight excluding hydrogens is 252 g/mol. The molecule has 0 amide bonds. The second-order valence-electron chi connectivity index (χ2n) is 4.51. The molecule has 1 unspecified atom stereocenters. The van der Waals surface area contributed by atoms with Crippen LogP contribution in [0.4, 0.5) is 0 Å². The van der Waals surface area contributed by atoms with Gasteiger partial charge in [-0.2, -0.15) is 0 Å². The Hall–Kier alpha value is -1.98. The Balaban J connectivity index is 2.02. The fourth-order valence-electron chi connectivity index (χ4n) is 2.08. The van der Waals surface area contributed by atoms with Gasteiger partial charge in [0.15, 0.2) is 0 Å². The van der Waals surface area contributed by atoms with Crippen molar-refractivity contribution in [1.29, 1.82) is 0 Å². The number of nitrogens with two attached hydrogens (primary N) is 1. The Kier molecular flexibility index (Phi) is 5.46. The second-order valence-corrected chi connectivity index (χ2v) is 4.51. The van der Waals surface area contributed by atoms with Gasteiger partial charge in [-0.3, -0.25) is 21.2 Å². The van der Waals surface area contributed by atoms with E-state index in [0.717, 1.165) is 24.2 Å². The Morgan fingerprint density at radius 1 is 1.30 bits per heavy atom. The van der Waals surface area contributed by atoms with Gasteiger partial charge in [0.25, 0.3) is 0 Å². The summed E-state index contributed by atoms with van der Waals surface area (Å²) in [6, 6.07) is 6.03. The Bertz CT molecular complexity index is 518. The first kappa shape index (κ1) is 14.4. The minimum absolute atomic E-state index is 0.0445. The maximum Gasteiger partial charge on any atom is 0.137 e. The lowest BCUT2D eigenvalue weighted by molar-refractivity contribution is 0.337. The SMILES string of the molecule is CCOc1cncc(C(CCc2cccnc2)NN)c1. The van der Waals surface area contributed by atoms with E-state index in [1.54, 1.807) is 12.4 Å². The van der Waals surface area contributed by atoms with E-state index >= 15 is 0 Å². The Morgan fingerprint density at radius 2 is 2.20 bits per heavy atom. The highest BCUT2D eigenvalue weighted by atomic mass is 16.5. The highest BCUT2D eigenvalue weighted by molar-refractivity contribution is 5.26. The van der Waals surface area contributed by atoms with Crippen LogP contribution in [0, 0.1) is 0 Å². The zero-order chi connectivity index (χ0) is 14.2. The van der Waals surface area contributed by atoms with Crippen LogP contribution in [0.15, 0.2) is 43.0 Å². The van der Waals surface area contributed by atoms with Gasteiger partial charge in [-0.05, 0) is 43.0 Å². The fourth-order valence-corrected chi connectivity index (χ4v) is 2.08. The van der Waals surface area contributed by atoms with Gasteiger partial charge in [0, 0.05) is 24.6 Å². The number of pyridine rings is 2. The van der Waals surface area contributed by atoms with Gasteiger partial charge in [-0.15, -0.1) is 0 Å². The van der Waals surface area contributed by atoms with Gasteiger partial charge in [0.1, 0.15) is 5.75 Å². The Labute approximate surface area is 119 Å². The summed E-state index contributed by atoms with van der Waals surface area (Å²) in [4.78, 5) is 8.31. The molecule has 0 spiro atoms. The predicted molar refractivity (Wildman–Crippen MR) is 78.0 cm³/mol. The number of hydrogen-bond donors (Lipinski definition) is 2. The summed E-state index contributed by atoms with van der Waals surface area (Å²) >= 11 is 0. The van der Waals surface area contributed by atoms with Crippen molar-refractivity contribution in [2.45, 2.75) is 25.8 Å². The summed E-state index contributed by atoms with van der Waals surface area (Å²) in [6.45, 7) is 2.58. The van der Waals surface area contributed by atoms with E-state index in [9.17, 15) is 0 Å². The largest absolute Gasteiger partial charge is 0.492 e. The van der Waals surface area contributed by atoms with Crippen molar-refractivity contribution in [1.82, 2.24) is 15.4 Å². The van der Waals surface area contributed by atoms with Gasteiger partial charge >= 0.3 is 0 Å². The van der Waals surface area contributed by atoms with Crippen molar-refractivity contribution in [3.63, 3.8) is 0 Å². The molecule has 5 heteroatoms. The van der Waals surface area contributed by atoms with Gasteiger partial charge in [0.2, 0.25) is 0 Å². The maximum absolute atomic E-state index is 5.66. The molecule has 20 heavy (non-hydrogen) atoms. The first-order chi connectivity index (χ1) is 9.83. The Morgan fingerprint density at radius 3 is 2.90 bits per heavy atom. The standard InChI is InChI=1S/C15H20N4O/c1-2-20-14-8-13(10-18-11-14)15(19-16)6-5-12-4-3-7-17-9-12/h3-4,7-11,15,19H,2,5-6,16H2,1H3. The number of hydrogen-bond acceptors (Lipinski definition) is 5. The first-order valence-electron chi connectivity index (χ1n) is 6.76. The van der Waals surface area contributed by atoms with Gasteiger partial charge in [-0.1, -0.05) is 6.07 Å². The summed E-state index contributed by atoms with van der Waals surface area (Å²) < 4.78 is 5.46. The average molecular weight is 272 g/mol. The lowest BCUT2D eigenvalue weighted by Gasteiger charge is -2.16. The minimum atomic E-state index is 0.0445. The van der Waals surface area contributed by atoms with E-state index < -0.39 is 0 Å². The van der Waals surface area contributed by atoms with E-state index in [2.05, 4.69) is 21.5 Å². The molecular formula is C15H20N4O. The molecule has 0 aliphatic carbocycles. The van der Waals surface area contributed by atoms with E-state index in [0.29, 0.717) is 6.61 Å². The molecule has 0 fully saturated rings. The summed E-state index contributed by atoms with van der Waals surface area (Å²) in [6.07, 6.45) is 8.96. The third kappa shape index (κ3) is 4.01. The molecule has 0 saturated heterocycles. The molecule has 5 nitrogen and oxygen atoms in total. The third-order valence-corrected chi connectivity index (χ3v) is 3.09. The topological polar surface area (TPSA) is 73.1 Å². The summed E-state index contributed by atoms with van der Waals surface area (Å²) in [5, 5.41) is 0. The zero-order valence-electron chi connectivity index (χ0n) is 11.6. The highest BCUT2D eigenvalue weighted by Gasteiger charge is 2.11. The van der Waals surface area contributed by atoms with Crippen LogP contribution in [0.1, 0.15) is 30.5 Å². The van der Waals surface area contributed by atoms with E-state index in [1.807, 2.05) is 31.5 Å². The number of rotatable bonds is 7. The van der Waals surface area contributed by atoms with Crippen molar-refractivity contribution in [2.24, 2.45) is 5.84 Å². The number of nitrogens with one attached hydrogen (secondary N) is 1. The lowest BCUT2D eigenvalue weighted by Crippen LogP contribution is -2.28. The molecule has 0 aliphatic rings. The fraction of sp³-hybridized carbons (Fsp3) is 0.333. The molecule has 2 aromatic rings. The zero-order valence-corrected chi connectivity index (χ0v) is 11.6. The summed E-state index contributed by atoms with van der Waals surface area (Å²) in [7, 11) is 0. The van der Waals surface area contributed by atoms with Crippen LogP contribution in [0.2, 0.25) is 0 Å². The molecule has 2 heterocycles. The number of aromatic nitrogens is 2.